The molecular formula is C19H22N10O4. The SMILES string of the molecule is CC1CCCCN1Cc1c(C(=O)N/N=C\c2ccc([N+](=O)[O-])cc2)nnn1-c1nonc1N. The lowest BCUT2D eigenvalue weighted by Crippen LogP contribution is -2.38. The van der Waals surface area contributed by atoms with Crippen LogP contribution in [0.2, 0.25) is 0 Å². The van der Waals surface area contributed by atoms with Crippen molar-refractivity contribution in [2.24, 2.45) is 5.10 Å². The number of nitro benzene ring substituents is 1. The molecule has 1 aliphatic rings. The highest BCUT2D eigenvalue weighted by Crippen LogP contribution is 2.22. The Morgan fingerprint density at radius 1 is 1.36 bits per heavy atom. The third-order valence-corrected chi connectivity index (χ3v) is 5.45. The maximum absolute atomic E-state index is 12.9. The number of anilines is 1. The zero-order chi connectivity index (χ0) is 23.4. The molecule has 0 saturated carbocycles. The van der Waals surface area contributed by atoms with Crippen LogP contribution < -0.4 is 11.2 Å². The summed E-state index contributed by atoms with van der Waals surface area (Å²) in [6, 6.07) is 6.07. The number of hydrogen-bond donors (Lipinski definition) is 2. The molecule has 1 aliphatic heterocycles. The molecular weight excluding hydrogens is 432 g/mol. The maximum Gasteiger partial charge on any atom is 0.293 e. The van der Waals surface area contributed by atoms with Crippen molar-refractivity contribution in [1.29, 1.82) is 0 Å². The van der Waals surface area contributed by atoms with Crippen LogP contribution in [0.1, 0.15) is 47.9 Å². The van der Waals surface area contributed by atoms with Gasteiger partial charge in [-0.25, -0.2) is 10.1 Å². The number of carbonyl (C=O) groups is 1. The minimum atomic E-state index is -0.575. The molecule has 172 valence electrons. The number of nitro groups is 1. The van der Waals surface area contributed by atoms with Crippen LogP contribution in [0.5, 0.6) is 0 Å². The zero-order valence-electron chi connectivity index (χ0n) is 17.8. The number of nitrogens with two attached hydrogens (primary N) is 1. The van der Waals surface area contributed by atoms with E-state index in [2.05, 4.69) is 47.6 Å². The number of hydrazone groups is 1. The average Bonchev–Trinajstić information content (AvgIpc) is 3.41. The van der Waals surface area contributed by atoms with Gasteiger partial charge in [-0.3, -0.25) is 19.8 Å². The van der Waals surface area contributed by atoms with Crippen molar-refractivity contribution in [3.05, 3.63) is 51.3 Å². The lowest BCUT2D eigenvalue weighted by molar-refractivity contribution is -0.384. The van der Waals surface area contributed by atoms with Gasteiger partial charge in [0.1, 0.15) is 0 Å². The molecule has 14 heteroatoms. The summed E-state index contributed by atoms with van der Waals surface area (Å²) in [5, 5.41) is 30.1. The Morgan fingerprint density at radius 3 is 2.82 bits per heavy atom. The van der Waals surface area contributed by atoms with Gasteiger partial charge in [0.25, 0.3) is 11.6 Å². The summed E-state index contributed by atoms with van der Waals surface area (Å²) in [7, 11) is 0. The number of nitrogen functional groups attached to an aromatic ring is 1. The summed E-state index contributed by atoms with van der Waals surface area (Å²) in [6.45, 7) is 3.40. The van der Waals surface area contributed by atoms with Gasteiger partial charge in [-0.05, 0) is 54.3 Å². The van der Waals surface area contributed by atoms with Gasteiger partial charge in [0.05, 0.1) is 16.8 Å². The number of hydrogen-bond acceptors (Lipinski definition) is 11. The van der Waals surface area contributed by atoms with Crippen molar-refractivity contribution in [2.75, 3.05) is 12.3 Å². The van der Waals surface area contributed by atoms with Crippen LogP contribution in [0.15, 0.2) is 34.0 Å². The highest BCUT2D eigenvalue weighted by molar-refractivity contribution is 5.94. The number of amides is 1. The molecule has 3 N–H and O–H groups in total. The monoisotopic (exact) mass is 454 g/mol. The molecule has 1 unspecified atom stereocenters. The third-order valence-electron chi connectivity index (χ3n) is 5.45. The van der Waals surface area contributed by atoms with Crippen molar-refractivity contribution < 1.29 is 14.3 Å². The summed E-state index contributed by atoms with van der Waals surface area (Å²) in [5.41, 5.74) is 9.33. The lowest BCUT2D eigenvalue weighted by atomic mass is 10.0. The predicted molar refractivity (Wildman–Crippen MR) is 116 cm³/mol. The average molecular weight is 454 g/mol. The highest BCUT2D eigenvalue weighted by atomic mass is 16.6. The molecule has 1 saturated heterocycles. The maximum atomic E-state index is 12.9. The normalized spacial score (nSPS) is 16.8. The van der Waals surface area contributed by atoms with Crippen LogP contribution in [0, 0.1) is 10.1 Å². The van der Waals surface area contributed by atoms with Crippen molar-refractivity contribution in [3.63, 3.8) is 0 Å². The fraction of sp³-hybridized carbons (Fsp3) is 0.368. The van der Waals surface area contributed by atoms with Crippen molar-refractivity contribution in [2.45, 2.75) is 38.8 Å². The van der Waals surface area contributed by atoms with E-state index in [1.54, 1.807) is 0 Å². The molecule has 0 spiro atoms. The first-order valence-electron chi connectivity index (χ1n) is 10.3. The standard InChI is InChI=1S/C19H22N10O4/c1-12-4-2-3-9-27(12)11-15-16(22-26-28(15)18-17(20)24-33-25-18)19(30)23-21-10-13-5-7-14(8-6-13)29(31)32/h5-8,10,12H,2-4,9,11H2,1H3,(H2,20,24)(H,23,30)/b21-10-. The van der Waals surface area contributed by atoms with Crippen molar-refractivity contribution in [3.8, 4) is 5.82 Å². The van der Waals surface area contributed by atoms with Crippen LogP contribution in [-0.2, 0) is 6.54 Å². The fourth-order valence-electron chi connectivity index (χ4n) is 3.61. The van der Waals surface area contributed by atoms with E-state index in [0.717, 1.165) is 25.8 Å². The number of piperidine rings is 1. The van der Waals surface area contributed by atoms with E-state index < -0.39 is 10.8 Å². The van der Waals surface area contributed by atoms with Crippen LogP contribution in [0.25, 0.3) is 5.82 Å². The molecule has 14 nitrogen and oxygen atoms in total. The van der Waals surface area contributed by atoms with E-state index in [9.17, 15) is 14.9 Å². The number of likely N-dealkylation sites (tertiary alicyclic amines) is 1. The number of nitrogens with zero attached hydrogens (tertiary/aromatic N) is 8. The number of nitrogens with one attached hydrogen (secondary N) is 1. The number of carbonyl (C=O) groups excluding carboxylic acids is 1. The molecule has 1 atom stereocenters. The summed E-state index contributed by atoms with van der Waals surface area (Å²) in [4.78, 5) is 25.3. The first kappa shape index (κ1) is 22.0. The molecule has 3 aromatic rings. The zero-order valence-corrected chi connectivity index (χ0v) is 17.8. The molecule has 0 bridgehead atoms. The fourth-order valence-corrected chi connectivity index (χ4v) is 3.61. The highest BCUT2D eigenvalue weighted by Gasteiger charge is 2.28. The Kier molecular flexibility index (Phi) is 6.35. The molecule has 0 radical (unpaired) electrons. The van der Waals surface area contributed by atoms with E-state index in [1.807, 2.05) is 0 Å². The van der Waals surface area contributed by atoms with Gasteiger partial charge in [0.2, 0.25) is 11.6 Å². The van der Waals surface area contributed by atoms with E-state index in [0.29, 0.717) is 23.8 Å². The Bertz CT molecular complexity index is 1170. The second kappa shape index (κ2) is 9.52. The molecule has 1 aromatic carbocycles. The van der Waals surface area contributed by atoms with Gasteiger partial charge >= 0.3 is 0 Å². The lowest BCUT2D eigenvalue weighted by Gasteiger charge is -2.33. The number of aromatic nitrogens is 5. The van der Waals surface area contributed by atoms with E-state index >= 15 is 0 Å². The summed E-state index contributed by atoms with van der Waals surface area (Å²) < 4.78 is 6.03. The van der Waals surface area contributed by atoms with Gasteiger partial charge < -0.3 is 5.73 Å². The van der Waals surface area contributed by atoms with E-state index in [1.165, 1.54) is 35.2 Å². The second-order valence-electron chi connectivity index (χ2n) is 7.63. The summed E-state index contributed by atoms with van der Waals surface area (Å²) >= 11 is 0. The van der Waals surface area contributed by atoms with Crippen molar-refractivity contribution in [1.82, 2.24) is 35.6 Å². The number of non-ortho nitro benzene ring substituents is 1. The van der Waals surface area contributed by atoms with Crippen LogP contribution in [0.4, 0.5) is 11.5 Å². The summed E-state index contributed by atoms with van der Waals surface area (Å²) in [6.07, 6.45) is 4.63. The molecule has 3 heterocycles. The predicted octanol–water partition coefficient (Wildman–Crippen LogP) is 1.28. The molecule has 0 aliphatic carbocycles. The molecule has 2 aromatic heterocycles. The second-order valence-corrected chi connectivity index (χ2v) is 7.63. The van der Waals surface area contributed by atoms with E-state index in [4.69, 9.17) is 5.73 Å². The minimum absolute atomic E-state index is 0.0241. The molecule has 4 rings (SSSR count). The topological polar surface area (TPSA) is 183 Å². The van der Waals surface area contributed by atoms with Crippen molar-refractivity contribution >= 4 is 23.6 Å². The van der Waals surface area contributed by atoms with Gasteiger partial charge in [0.15, 0.2) is 5.69 Å². The van der Waals surface area contributed by atoms with Crippen LogP contribution in [0.3, 0.4) is 0 Å². The smallest absolute Gasteiger partial charge is 0.293 e. The Morgan fingerprint density at radius 2 is 2.15 bits per heavy atom. The van der Waals surface area contributed by atoms with Gasteiger partial charge in [-0.15, -0.1) is 5.10 Å². The quantitative estimate of drug-likeness (QED) is 0.299. The first-order valence-corrected chi connectivity index (χ1v) is 10.3. The van der Waals surface area contributed by atoms with Gasteiger partial charge in [-0.1, -0.05) is 11.6 Å². The van der Waals surface area contributed by atoms with Gasteiger partial charge in [-0.2, -0.15) is 9.78 Å². The Balaban J connectivity index is 1.55. The molecule has 33 heavy (non-hydrogen) atoms. The molecule has 1 fully saturated rings. The largest absolute Gasteiger partial charge is 0.378 e. The Labute approximate surface area is 187 Å². The van der Waals surface area contributed by atoms with Crippen LogP contribution >= 0.6 is 0 Å². The third kappa shape index (κ3) is 4.85. The number of benzene rings is 1. The molecule has 1 amide bonds. The minimum Gasteiger partial charge on any atom is -0.378 e. The van der Waals surface area contributed by atoms with E-state index in [-0.39, 0.29) is 23.0 Å². The summed E-state index contributed by atoms with van der Waals surface area (Å²) in [5.74, 6) is -0.402. The number of rotatable bonds is 7. The first-order chi connectivity index (χ1) is 15.9. The van der Waals surface area contributed by atoms with Crippen LogP contribution in [-0.4, -0.2) is 59.8 Å². The Hall–Kier alpha value is -4.20. The van der Waals surface area contributed by atoms with Gasteiger partial charge in [0, 0.05) is 24.7 Å².